The van der Waals surface area contributed by atoms with Gasteiger partial charge in [-0.15, -0.1) is 0 Å². The molecular weight excluding hydrogens is 263 g/mol. The van der Waals surface area contributed by atoms with Crippen molar-refractivity contribution in [1.82, 2.24) is 5.43 Å². The van der Waals surface area contributed by atoms with E-state index in [1.54, 1.807) is 20.8 Å². The summed E-state index contributed by atoms with van der Waals surface area (Å²) in [4.78, 5) is 11.6. The zero-order valence-corrected chi connectivity index (χ0v) is 11.3. The minimum absolute atomic E-state index is 0.108. The molecule has 0 aliphatic heterocycles. The minimum Gasteiger partial charge on any atom is -0.506 e. The predicted octanol–water partition coefficient (Wildman–Crippen LogP) is 3.19. The Morgan fingerprint density at radius 1 is 1.24 bits per heavy atom. The van der Waals surface area contributed by atoms with Gasteiger partial charge in [0.05, 0.1) is 15.7 Å². The molecule has 1 rings (SSSR count). The van der Waals surface area contributed by atoms with E-state index >= 15 is 0 Å². The minimum atomic E-state index is -0.520. The second-order valence-corrected chi connectivity index (χ2v) is 5.43. The molecule has 1 amide bonds. The Hall–Kier alpha value is -1.13. The predicted molar refractivity (Wildman–Crippen MR) is 69.3 cm³/mol. The Balaban J connectivity index is 2.77. The third-order valence-electron chi connectivity index (χ3n) is 2.03. The number of hydrogen-bond acceptors (Lipinski definition) is 3. The summed E-state index contributed by atoms with van der Waals surface area (Å²) in [5.41, 5.74) is 5.00. The maximum absolute atomic E-state index is 11.6. The van der Waals surface area contributed by atoms with Gasteiger partial charge in [0, 0.05) is 11.5 Å². The number of halogens is 2. The SMILES string of the molecule is CC(C)(C)C(=O)NNc1cc(O)c(Cl)cc1Cl. The summed E-state index contributed by atoms with van der Waals surface area (Å²) < 4.78 is 0. The molecule has 3 N–H and O–H groups in total. The van der Waals surface area contributed by atoms with E-state index in [0.29, 0.717) is 10.7 Å². The highest BCUT2D eigenvalue weighted by Crippen LogP contribution is 2.32. The van der Waals surface area contributed by atoms with Crippen LogP contribution in [-0.2, 0) is 4.79 Å². The average Bonchev–Trinajstić information content (AvgIpc) is 2.19. The molecule has 0 bridgehead atoms. The van der Waals surface area contributed by atoms with Crippen molar-refractivity contribution in [2.75, 3.05) is 5.43 Å². The van der Waals surface area contributed by atoms with Crippen molar-refractivity contribution in [1.29, 1.82) is 0 Å². The molecule has 94 valence electrons. The van der Waals surface area contributed by atoms with Gasteiger partial charge in [-0.05, 0) is 6.07 Å². The van der Waals surface area contributed by atoms with E-state index in [9.17, 15) is 9.90 Å². The van der Waals surface area contributed by atoms with Gasteiger partial charge >= 0.3 is 0 Å². The van der Waals surface area contributed by atoms with Crippen molar-refractivity contribution in [2.45, 2.75) is 20.8 Å². The van der Waals surface area contributed by atoms with Gasteiger partial charge in [0.15, 0.2) is 0 Å². The van der Waals surface area contributed by atoms with E-state index in [4.69, 9.17) is 23.2 Å². The smallest absolute Gasteiger partial charge is 0.243 e. The molecule has 0 unspecified atom stereocenters. The van der Waals surface area contributed by atoms with Crippen LogP contribution in [-0.4, -0.2) is 11.0 Å². The normalized spacial score (nSPS) is 11.1. The van der Waals surface area contributed by atoms with Crippen LogP contribution in [0, 0.1) is 5.41 Å². The van der Waals surface area contributed by atoms with Crippen molar-refractivity contribution < 1.29 is 9.90 Å². The molecule has 0 fully saturated rings. The summed E-state index contributed by atoms with van der Waals surface area (Å²) >= 11 is 11.6. The first-order valence-electron chi connectivity index (χ1n) is 4.96. The molecule has 0 radical (unpaired) electrons. The largest absolute Gasteiger partial charge is 0.506 e. The lowest BCUT2D eigenvalue weighted by Gasteiger charge is -2.19. The molecule has 0 heterocycles. The highest BCUT2D eigenvalue weighted by Gasteiger charge is 2.21. The zero-order valence-electron chi connectivity index (χ0n) is 9.77. The highest BCUT2D eigenvalue weighted by atomic mass is 35.5. The molecule has 0 aliphatic rings. The summed E-state index contributed by atoms with van der Waals surface area (Å²) in [5, 5.41) is 9.87. The Morgan fingerprint density at radius 2 is 1.82 bits per heavy atom. The van der Waals surface area contributed by atoms with E-state index in [1.807, 2.05) is 0 Å². The Morgan fingerprint density at radius 3 is 2.35 bits per heavy atom. The number of benzene rings is 1. The monoisotopic (exact) mass is 276 g/mol. The molecule has 1 aromatic rings. The molecule has 0 aromatic heterocycles. The van der Waals surface area contributed by atoms with Crippen LogP contribution in [0.4, 0.5) is 5.69 Å². The van der Waals surface area contributed by atoms with Crippen molar-refractivity contribution in [3.05, 3.63) is 22.2 Å². The molecule has 0 spiro atoms. The van der Waals surface area contributed by atoms with Crippen LogP contribution in [0.3, 0.4) is 0 Å². The Bertz CT molecular complexity index is 442. The van der Waals surface area contributed by atoms with E-state index in [-0.39, 0.29) is 16.7 Å². The second-order valence-electron chi connectivity index (χ2n) is 4.61. The number of phenols is 1. The number of anilines is 1. The average molecular weight is 277 g/mol. The molecule has 0 atom stereocenters. The van der Waals surface area contributed by atoms with Gasteiger partial charge in [-0.2, -0.15) is 0 Å². The van der Waals surface area contributed by atoms with Gasteiger partial charge in [0.25, 0.3) is 0 Å². The molecule has 0 saturated heterocycles. The second kappa shape index (κ2) is 5.02. The quantitative estimate of drug-likeness (QED) is 0.727. The molecule has 4 nitrogen and oxygen atoms in total. The lowest BCUT2D eigenvalue weighted by Crippen LogP contribution is -2.38. The van der Waals surface area contributed by atoms with Gasteiger partial charge in [0.1, 0.15) is 5.75 Å². The first kappa shape index (κ1) is 13.9. The standard InChI is InChI=1S/C11H14Cl2N2O2/c1-11(2,3)10(17)15-14-8-5-9(16)7(13)4-6(8)12/h4-5,14,16H,1-3H3,(H,15,17). The summed E-state index contributed by atoms with van der Waals surface area (Å²) in [6, 6.07) is 2.73. The van der Waals surface area contributed by atoms with Crippen LogP contribution in [0.5, 0.6) is 5.75 Å². The number of carbonyl (C=O) groups excluding carboxylic acids is 1. The van der Waals surface area contributed by atoms with Crippen LogP contribution in [0.25, 0.3) is 0 Å². The summed E-state index contributed by atoms with van der Waals surface area (Å²) in [7, 11) is 0. The van der Waals surface area contributed by atoms with Gasteiger partial charge in [-0.25, -0.2) is 0 Å². The van der Waals surface area contributed by atoms with E-state index in [0.717, 1.165) is 0 Å². The fourth-order valence-corrected chi connectivity index (χ4v) is 1.38. The topological polar surface area (TPSA) is 61.4 Å². The van der Waals surface area contributed by atoms with Crippen molar-refractivity contribution in [3.63, 3.8) is 0 Å². The maximum Gasteiger partial charge on any atom is 0.243 e. The van der Waals surface area contributed by atoms with E-state index < -0.39 is 5.41 Å². The first-order valence-corrected chi connectivity index (χ1v) is 5.72. The fraction of sp³-hybridized carbons (Fsp3) is 0.364. The molecule has 6 heteroatoms. The Kier molecular flexibility index (Phi) is 4.11. The van der Waals surface area contributed by atoms with Gasteiger partial charge in [0.2, 0.25) is 5.91 Å². The number of rotatable bonds is 2. The fourth-order valence-electron chi connectivity index (χ4n) is 0.945. The summed E-state index contributed by atoms with van der Waals surface area (Å²) in [5.74, 6) is -0.299. The molecule has 1 aromatic carbocycles. The molecule has 0 aliphatic carbocycles. The van der Waals surface area contributed by atoms with Crippen LogP contribution >= 0.6 is 23.2 Å². The number of amides is 1. The maximum atomic E-state index is 11.6. The third-order valence-corrected chi connectivity index (χ3v) is 2.64. The molecular formula is C11H14Cl2N2O2. The lowest BCUT2D eigenvalue weighted by atomic mass is 9.96. The number of phenolic OH excluding ortho intramolecular Hbond substituents is 1. The van der Waals surface area contributed by atoms with Crippen molar-refractivity contribution in [2.24, 2.45) is 5.41 Å². The summed E-state index contributed by atoms with van der Waals surface area (Å²) in [6.45, 7) is 5.35. The van der Waals surface area contributed by atoms with Crippen LogP contribution in [0.1, 0.15) is 20.8 Å². The van der Waals surface area contributed by atoms with Crippen molar-refractivity contribution in [3.8, 4) is 5.75 Å². The number of carbonyl (C=O) groups is 1. The highest BCUT2D eigenvalue weighted by molar-refractivity contribution is 6.37. The van der Waals surface area contributed by atoms with Crippen LogP contribution in [0.2, 0.25) is 10.0 Å². The van der Waals surface area contributed by atoms with Gasteiger partial charge < -0.3 is 5.11 Å². The summed E-state index contributed by atoms with van der Waals surface area (Å²) in [6.07, 6.45) is 0. The number of aromatic hydroxyl groups is 1. The number of hydrogen-bond donors (Lipinski definition) is 3. The van der Waals surface area contributed by atoms with Crippen LogP contribution < -0.4 is 10.9 Å². The Labute approximate surface area is 110 Å². The lowest BCUT2D eigenvalue weighted by molar-refractivity contribution is -0.127. The number of hydrazine groups is 1. The molecule has 17 heavy (non-hydrogen) atoms. The van der Waals surface area contributed by atoms with E-state index in [2.05, 4.69) is 10.9 Å². The van der Waals surface area contributed by atoms with Gasteiger partial charge in [-0.3, -0.25) is 15.6 Å². The van der Waals surface area contributed by atoms with E-state index in [1.165, 1.54) is 12.1 Å². The van der Waals surface area contributed by atoms with Gasteiger partial charge in [-0.1, -0.05) is 44.0 Å². The first-order chi connectivity index (χ1) is 7.71. The van der Waals surface area contributed by atoms with Crippen LogP contribution in [0.15, 0.2) is 12.1 Å². The zero-order chi connectivity index (χ0) is 13.2. The third kappa shape index (κ3) is 3.68. The number of nitrogens with one attached hydrogen (secondary N) is 2. The van der Waals surface area contributed by atoms with Crippen molar-refractivity contribution >= 4 is 34.8 Å². The molecule has 0 saturated carbocycles.